The quantitative estimate of drug-likeness (QED) is 0.582. The van der Waals surface area contributed by atoms with E-state index in [0.717, 1.165) is 13.0 Å². The minimum absolute atomic E-state index is 0.0429. The second kappa shape index (κ2) is 4.16. The highest BCUT2D eigenvalue weighted by molar-refractivity contribution is 6.16. The zero-order valence-corrected chi connectivity index (χ0v) is 8.83. The number of hydrogen-bond acceptors (Lipinski definition) is 1. The Bertz CT molecular complexity index is 388. The number of halogens is 6. The highest BCUT2D eigenvalue weighted by atomic mass is 35.5. The number of alkyl halides is 6. The zero-order valence-electron chi connectivity index (χ0n) is 8.08. The van der Waals surface area contributed by atoms with E-state index in [9.17, 15) is 22.0 Å². The van der Waals surface area contributed by atoms with Crippen molar-refractivity contribution in [2.45, 2.75) is 24.9 Å². The van der Waals surface area contributed by atoms with Gasteiger partial charge >= 0.3 is 12.1 Å². The molecule has 0 aromatic carbocycles. The number of pyridine rings is 1. The van der Waals surface area contributed by atoms with Crippen LogP contribution in [0.5, 0.6) is 0 Å². The van der Waals surface area contributed by atoms with Crippen LogP contribution < -0.4 is 0 Å². The van der Waals surface area contributed by atoms with Gasteiger partial charge in [0.05, 0.1) is 17.1 Å². The molecule has 0 spiro atoms. The van der Waals surface area contributed by atoms with Gasteiger partial charge in [-0.1, -0.05) is 0 Å². The lowest BCUT2D eigenvalue weighted by atomic mass is 10.0. The summed E-state index contributed by atoms with van der Waals surface area (Å²) in [5.41, 5.74) is -1.08. The second-order valence-corrected chi connectivity index (χ2v) is 3.46. The van der Waals surface area contributed by atoms with Gasteiger partial charge in [0.1, 0.15) is 0 Å². The average Bonchev–Trinajstić information content (AvgIpc) is 2.15. The van der Waals surface area contributed by atoms with Crippen LogP contribution in [0.1, 0.15) is 16.8 Å². The molecule has 1 nitrogen and oxygen atoms in total. The first kappa shape index (κ1) is 13.2. The Balaban J connectivity index is 3.24. The van der Waals surface area contributed by atoms with Gasteiger partial charge in [0, 0.05) is 6.20 Å². The summed E-state index contributed by atoms with van der Waals surface area (Å²) in [6.07, 6.45) is -5.11. The van der Waals surface area contributed by atoms with E-state index >= 15 is 0 Å². The van der Waals surface area contributed by atoms with Crippen LogP contribution in [0.2, 0.25) is 0 Å². The molecule has 0 unspecified atom stereocenters. The van der Waals surface area contributed by atoms with Crippen LogP contribution >= 0.6 is 11.6 Å². The lowest BCUT2D eigenvalue weighted by molar-refractivity contribution is -0.289. The van der Waals surface area contributed by atoms with E-state index in [-0.39, 0.29) is 17.1 Å². The van der Waals surface area contributed by atoms with Gasteiger partial charge in [-0.3, -0.25) is 4.98 Å². The van der Waals surface area contributed by atoms with Gasteiger partial charge in [-0.25, -0.2) is 0 Å². The van der Waals surface area contributed by atoms with Crippen molar-refractivity contribution in [3.63, 3.8) is 0 Å². The van der Waals surface area contributed by atoms with Crippen LogP contribution in [-0.2, 0) is 11.8 Å². The molecule has 0 N–H and O–H groups in total. The molecule has 0 fully saturated rings. The number of aromatic nitrogens is 1. The molecule has 1 aromatic rings. The van der Waals surface area contributed by atoms with E-state index in [1.165, 1.54) is 0 Å². The number of rotatable bonds is 2. The van der Waals surface area contributed by atoms with Crippen molar-refractivity contribution >= 4 is 11.6 Å². The molecule has 1 aromatic heterocycles. The molecule has 0 saturated heterocycles. The van der Waals surface area contributed by atoms with Crippen molar-refractivity contribution in [2.24, 2.45) is 0 Å². The Hall–Kier alpha value is -0.910. The molecule has 90 valence electrons. The zero-order chi connectivity index (χ0) is 12.6. The molecule has 7 heteroatoms. The molecule has 0 radical (unpaired) electrons. The van der Waals surface area contributed by atoms with Crippen molar-refractivity contribution in [1.29, 1.82) is 0 Å². The Labute approximate surface area is 93.2 Å². The minimum atomic E-state index is -5.62. The minimum Gasteiger partial charge on any atom is -0.259 e. The fraction of sp³-hybridized carbons (Fsp3) is 0.444. The van der Waals surface area contributed by atoms with E-state index in [1.807, 2.05) is 0 Å². The molecule has 0 bridgehead atoms. The molecule has 0 atom stereocenters. The van der Waals surface area contributed by atoms with Crippen molar-refractivity contribution in [3.05, 3.63) is 29.1 Å². The lowest BCUT2D eigenvalue weighted by Crippen LogP contribution is -2.34. The van der Waals surface area contributed by atoms with Crippen LogP contribution in [0.15, 0.2) is 12.3 Å². The summed E-state index contributed by atoms with van der Waals surface area (Å²) < 4.78 is 62.2. The van der Waals surface area contributed by atoms with Crippen LogP contribution in [-0.4, -0.2) is 11.2 Å². The molecule has 0 amide bonds. The number of nitrogens with zero attached hydrogens (tertiary/aromatic N) is 1. The van der Waals surface area contributed by atoms with Crippen molar-refractivity contribution in [1.82, 2.24) is 4.98 Å². The lowest BCUT2D eigenvalue weighted by Gasteiger charge is -2.21. The normalized spacial score (nSPS) is 12.9. The SMILES string of the molecule is Cc1cc(CCl)ncc1C(F)(F)C(F)(F)F. The van der Waals surface area contributed by atoms with Crippen molar-refractivity contribution in [3.8, 4) is 0 Å². The van der Waals surface area contributed by atoms with Crippen molar-refractivity contribution < 1.29 is 22.0 Å². The maximum Gasteiger partial charge on any atom is 0.458 e. The molecule has 1 rings (SSSR count). The van der Waals surface area contributed by atoms with E-state index in [1.54, 1.807) is 0 Å². The van der Waals surface area contributed by atoms with Crippen LogP contribution in [0.3, 0.4) is 0 Å². The molecule has 16 heavy (non-hydrogen) atoms. The summed E-state index contributed by atoms with van der Waals surface area (Å²) in [6.45, 7) is 1.16. The average molecular weight is 260 g/mol. The fourth-order valence-corrected chi connectivity index (χ4v) is 1.31. The first-order valence-corrected chi connectivity index (χ1v) is 4.70. The Morgan fingerprint density at radius 3 is 2.19 bits per heavy atom. The Morgan fingerprint density at radius 2 is 1.81 bits per heavy atom. The highest BCUT2D eigenvalue weighted by Crippen LogP contribution is 2.44. The second-order valence-electron chi connectivity index (χ2n) is 3.20. The third kappa shape index (κ3) is 2.26. The standard InChI is InChI=1S/C9H7ClF5N/c1-5-2-6(3-10)16-4-7(5)8(11,12)9(13,14)15/h2,4H,3H2,1H3. The number of hydrogen-bond donors (Lipinski definition) is 0. The first-order chi connectivity index (χ1) is 7.20. The maximum atomic E-state index is 13.0. The van der Waals surface area contributed by atoms with Crippen molar-refractivity contribution in [2.75, 3.05) is 0 Å². The topological polar surface area (TPSA) is 12.9 Å². The summed E-state index contributed by atoms with van der Waals surface area (Å²) in [5, 5.41) is 0. The van der Waals surface area contributed by atoms with Gasteiger partial charge in [0.2, 0.25) is 0 Å². The van der Waals surface area contributed by atoms with Gasteiger partial charge in [-0.2, -0.15) is 22.0 Å². The third-order valence-corrected chi connectivity index (χ3v) is 2.27. The predicted octanol–water partition coefficient (Wildman–Crippen LogP) is 3.78. The monoisotopic (exact) mass is 259 g/mol. The summed E-state index contributed by atoms with van der Waals surface area (Å²) >= 11 is 5.38. The van der Waals surface area contributed by atoms with E-state index in [4.69, 9.17) is 11.6 Å². The van der Waals surface area contributed by atoms with Gasteiger partial charge in [-0.05, 0) is 18.6 Å². The van der Waals surface area contributed by atoms with E-state index in [2.05, 4.69) is 4.98 Å². The van der Waals surface area contributed by atoms with Crippen LogP contribution in [0.4, 0.5) is 22.0 Å². The molecular formula is C9H7ClF5N. The van der Waals surface area contributed by atoms with Gasteiger partial charge in [0.25, 0.3) is 0 Å². The maximum absolute atomic E-state index is 13.0. The van der Waals surface area contributed by atoms with Crippen LogP contribution in [0, 0.1) is 6.92 Å². The van der Waals surface area contributed by atoms with Gasteiger partial charge < -0.3 is 0 Å². The van der Waals surface area contributed by atoms with E-state index < -0.39 is 17.7 Å². The summed E-state index contributed by atoms with van der Waals surface area (Å²) in [5.74, 6) is -4.94. The summed E-state index contributed by atoms with van der Waals surface area (Å²) in [7, 11) is 0. The highest BCUT2D eigenvalue weighted by Gasteiger charge is 2.59. The van der Waals surface area contributed by atoms with E-state index in [0.29, 0.717) is 6.20 Å². The summed E-state index contributed by atoms with van der Waals surface area (Å²) in [6, 6.07) is 1.11. The number of aryl methyl sites for hydroxylation is 1. The molecule has 1 heterocycles. The molecule has 0 aliphatic rings. The molecule has 0 aliphatic carbocycles. The smallest absolute Gasteiger partial charge is 0.259 e. The molecule has 0 aliphatic heterocycles. The first-order valence-electron chi connectivity index (χ1n) is 4.16. The Kier molecular flexibility index (Phi) is 3.42. The Morgan fingerprint density at radius 1 is 1.25 bits per heavy atom. The molecule has 0 saturated carbocycles. The summed E-state index contributed by atoms with van der Waals surface area (Å²) in [4.78, 5) is 3.43. The molecular weight excluding hydrogens is 253 g/mol. The largest absolute Gasteiger partial charge is 0.458 e. The predicted molar refractivity (Wildman–Crippen MR) is 48.5 cm³/mol. The van der Waals surface area contributed by atoms with Gasteiger partial charge in [-0.15, -0.1) is 11.6 Å². The van der Waals surface area contributed by atoms with Crippen LogP contribution in [0.25, 0.3) is 0 Å². The third-order valence-electron chi connectivity index (χ3n) is 2.00. The van der Waals surface area contributed by atoms with Gasteiger partial charge in [0.15, 0.2) is 0 Å². The fourth-order valence-electron chi connectivity index (χ4n) is 1.17.